The molecule has 0 radical (unpaired) electrons. The van der Waals surface area contributed by atoms with Crippen molar-refractivity contribution >= 4 is 5.91 Å². The minimum absolute atomic E-state index is 0.236. The summed E-state index contributed by atoms with van der Waals surface area (Å²) in [7, 11) is 0. The van der Waals surface area contributed by atoms with Crippen LogP contribution in [0.3, 0.4) is 0 Å². The van der Waals surface area contributed by atoms with Crippen molar-refractivity contribution in [3.8, 4) is 5.69 Å². The maximum Gasteiger partial charge on any atom is 0.271 e. The zero-order valence-electron chi connectivity index (χ0n) is 12.3. The number of nitrogens with one attached hydrogen (secondary N) is 2. The van der Waals surface area contributed by atoms with Gasteiger partial charge in [-0.25, -0.2) is 9.67 Å². The Balaban J connectivity index is 1.59. The molecule has 23 heavy (non-hydrogen) atoms. The van der Waals surface area contributed by atoms with Gasteiger partial charge in [0.15, 0.2) is 0 Å². The van der Waals surface area contributed by atoms with Crippen LogP contribution >= 0.6 is 0 Å². The maximum absolute atomic E-state index is 12.1. The SMILES string of the molecule is O=C(NCCCn1cncn1)c1cc(=O)n(-c2ccccc2)[nH]1. The second-order valence-corrected chi connectivity index (χ2v) is 4.95. The first-order chi connectivity index (χ1) is 11.2. The molecular weight excluding hydrogens is 296 g/mol. The fourth-order valence-electron chi connectivity index (χ4n) is 2.17. The predicted molar refractivity (Wildman–Crippen MR) is 83.4 cm³/mol. The summed E-state index contributed by atoms with van der Waals surface area (Å²) in [4.78, 5) is 27.9. The molecule has 2 heterocycles. The molecule has 0 atom stereocenters. The number of nitrogens with zero attached hydrogens (tertiary/aromatic N) is 4. The Morgan fingerprint density at radius 1 is 1.26 bits per heavy atom. The smallest absolute Gasteiger partial charge is 0.271 e. The number of rotatable bonds is 6. The summed E-state index contributed by atoms with van der Waals surface area (Å²) in [5.74, 6) is -0.310. The molecule has 0 saturated carbocycles. The van der Waals surface area contributed by atoms with Crippen molar-refractivity contribution in [3.63, 3.8) is 0 Å². The lowest BCUT2D eigenvalue weighted by Crippen LogP contribution is -2.25. The van der Waals surface area contributed by atoms with Gasteiger partial charge in [-0.2, -0.15) is 5.10 Å². The van der Waals surface area contributed by atoms with Crippen molar-refractivity contribution in [2.75, 3.05) is 6.54 Å². The summed E-state index contributed by atoms with van der Waals surface area (Å²) in [5.41, 5.74) is 0.645. The Bertz CT molecular complexity index is 819. The topological polar surface area (TPSA) is 97.6 Å². The zero-order valence-corrected chi connectivity index (χ0v) is 12.3. The Hall–Kier alpha value is -3.16. The maximum atomic E-state index is 12.1. The molecule has 1 amide bonds. The number of carbonyl (C=O) groups excluding carboxylic acids is 1. The van der Waals surface area contributed by atoms with Crippen LogP contribution in [0.1, 0.15) is 16.9 Å². The second kappa shape index (κ2) is 6.73. The van der Waals surface area contributed by atoms with Crippen molar-refractivity contribution in [3.05, 3.63) is 65.1 Å². The van der Waals surface area contributed by atoms with Gasteiger partial charge >= 0.3 is 0 Å². The van der Waals surface area contributed by atoms with Crippen molar-refractivity contribution in [2.24, 2.45) is 0 Å². The van der Waals surface area contributed by atoms with E-state index in [-0.39, 0.29) is 17.2 Å². The Labute approximate surface area is 131 Å². The molecule has 8 nitrogen and oxygen atoms in total. The Kier molecular flexibility index (Phi) is 4.32. The number of carbonyl (C=O) groups is 1. The molecule has 8 heteroatoms. The van der Waals surface area contributed by atoms with Gasteiger partial charge in [-0.15, -0.1) is 0 Å². The van der Waals surface area contributed by atoms with Crippen LogP contribution in [0, 0.1) is 0 Å². The largest absolute Gasteiger partial charge is 0.351 e. The number of hydrogen-bond donors (Lipinski definition) is 2. The molecule has 0 spiro atoms. The highest BCUT2D eigenvalue weighted by Crippen LogP contribution is 2.03. The molecule has 0 bridgehead atoms. The van der Waals surface area contributed by atoms with Crippen LogP contribution in [0.15, 0.2) is 53.8 Å². The highest BCUT2D eigenvalue weighted by atomic mass is 16.2. The standard InChI is InChI=1S/C15H16N6O2/c22-14-9-13(19-21(14)12-5-2-1-3-6-12)15(23)17-7-4-8-20-11-16-10-18-20/h1-3,5-6,9-11,19H,4,7-8H2,(H,17,23). The number of benzene rings is 1. The number of para-hydroxylation sites is 1. The van der Waals surface area contributed by atoms with E-state index in [1.807, 2.05) is 18.2 Å². The molecule has 0 saturated heterocycles. The minimum Gasteiger partial charge on any atom is -0.351 e. The second-order valence-electron chi connectivity index (χ2n) is 4.95. The fraction of sp³-hybridized carbons (Fsp3) is 0.200. The fourth-order valence-corrected chi connectivity index (χ4v) is 2.17. The third-order valence-electron chi connectivity index (χ3n) is 3.30. The normalized spacial score (nSPS) is 10.6. The summed E-state index contributed by atoms with van der Waals surface area (Å²) < 4.78 is 3.03. The summed E-state index contributed by atoms with van der Waals surface area (Å²) in [6.45, 7) is 1.15. The van der Waals surface area contributed by atoms with Gasteiger partial charge in [-0.1, -0.05) is 18.2 Å². The van der Waals surface area contributed by atoms with Gasteiger partial charge in [0.25, 0.3) is 11.5 Å². The summed E-state index contributed by atoms with van der Waals surface area (Å²) >= 11 is 0. The van der Waals surface area contributed by atoms with Gasteiger partial charge in [0, 0.05) is 19.2 Å². The molecule has 3 aromatic rings. The van der Waals surface area contributed by atoms with E-state index in [0.717, 1.165) is 6.42 Å². The predicted octanol–water partition coefficient (Wildman–Crippen LogP) is 0.577. The molecule has 3 rings (SSSR count). The van der Waals surface area contributed by atoms with Gasteiger partial charge in [-0.05, 0) is 18.6 Å². The molecule has 0 aliphatic carbocycles. The van der Waals surface area contributed by atoms with Crippen LogP contribution in [-0.4, -0.2) is 37.0 Å². The van der Waals surface area contributed by atoms with Gasteiger partial charge in [-0.3, -0.25) is 19.4 Å². The molecule has 0 aliphatic rings. The number of H-pyrrole nitrogens is 1. The van der Waals surface area contributed by atoms with E-state index >= 15 is 0 Å². The molecular formula is C15H16N6O2. The third-order valence-corrected chi connectivity index (χ3v) is 3.30. The summed E-state index contributed by atoms with van der Waals surface area (Å²) in [6.07, 6.45) is 3.81. The summed E-state index contributed by atoms with van der Waals surface area (Å²) in [5, 5.41) is 9.57. The van der Waals surface area contributed by atoms with Crippen molar-refractivity contribution in [1.29, 1.82) is 0 Å². The van der Waals surface area contributed by atoms with E-state index in [0.29, 0.717) is 18.8 Å². The van der Waals surface area contributed by atoms with E-state index in [2.05, 4.69) is 20.5 Å². The molecule has 118 valence electrons. The van der Waals surface area contributed by atoms with Gasteiger partial charge in [0.2, 0.25) is 0 Å². The lowest BCUT2D eigenvalue weighted by molar-refractivity contribution is 0.0947. The molecule has 1 aromatic carbocycles. The number of aromatic amines is 1. The van der Waals surface area contributed by atoms with Gasteiger partial charge < -0.3 is 5.32 Å². The quantitative estimate of drug-likeness (QED) is 0.650. The van der Waals surface area contributed by atoms with Crippen LogP contribution in [0.25, 0.3) is 5.69 Å². The van der Waals surface area contributed by atoms with E-state index in [1.54, 1.807) is 23.1 Å². The first-order valence-electron chi connectivity index (χ1n) is 7.22. The average molecular weight is 312 g/mol. The summed E-state index contributed by atoms with van der Waals surface area (Å²) in [6, 6.07) is 10.4. The van der Waals surface area contributed by atoms with Crippen LogP contribution < -0.4 is 10.9 Å². The first-order valence-corrected chi connectivity index (χ1v) is 7.22. The van der Waals surface area contributed by atoms with Crippen LogP contribution in [0.5, 0.6) is 0 Å². The van der Waals surface area contributed by atoms with E-state index in [4.69, 9.17) is 0 Å². The first kappa shape index (κ1) is 14.8. The van der Waals surface area contributed by atoms with Gasteiger partial charge in [0.1, 0.15) is 18.3 Å². The van der Waals surface area contributed by atoms with Crippen molar-refractivity contribution in [1.82, 2.24) is 29.9 Å². The number of amides is 1. The number of hydrogen-bond acceptors (Lipinski definition) is 4. The van der Waals surface area contributed by atoms with E-state index in [9.17, 15) is 9.59 Å². The average Bonchev–Trinajstić information content (AvgIpc) is 3.22. The van der Waals surface area contributed by atoms with E-state index in [1.165, 1.54) is 17.1 Å². The van der Waals surface area contributed by atoms with Crippen LogP contribution in [0.4, 0.5) is 0 Å². The molecule has 0 aliphatic heterocycles. The molecule has 2 aromatic heterocycles. The van der Waals surface area contributed by atoms with Gasteiger partial charge in [0.05, 0.1) is 5.69 Å². The highest BCUT2D eigenvalue weighted by molar-refractivity contribution is 5.92. The van der Waals surface area contributed by atoms with E-state index < -0.39 is 0 Å². The lowest BCUT2D eigenvalue weighted by atomic mass is 10.3. The molecule has 0 fully saturated rings. The zero-order chi connectivity index (χ0) is 16.1. The van der Waals surface area contributed by atoms with Crippen LogP contribution in [0.2, 0.25) is 0 Å². The number of aryl methyl sites for hydroxylation is 1. The minimum atomic E-state index is -0.310. The monoisotopic (exact) mass is 312 g/mol. The van der Waals surface area contributed by atoms with Crippen molar-refractivity contribution in [2.45, 2.75) is 13.0 Å². The lowest BCUT2D eigenvalue weighted by Gasteiger charge is -2.04. The van der Waals surface area contributed by atoms with Crippen LogP contribution in [-0.2, 0) is 6.54 Å². The molecule has 0 unspecified atom stereocenters. The van der Waals surface area contributed by atoms with Crippen molar-refractivity contribution < 1.29 is 4.79 Å². The number of aromatic nitrogens is 5. The Morgan fingerprint density at radius 3 is 2.83 bits per heavy atom. The molecule has 2 N–H and O–H groups in total. The Morgan fingerprint density at radius 2 is 2.09 bits per heavy atom. The highest BCUT2D eigenvalue weighted by Gasteiger charge is 2.11. The third kappa shape index (κ3) is 3.54.